The molecule has 1 aromatic carbocycles. The molecule has 0 saturated carbocycles. The smallest absolute Gasteiger partial charge is 0.125 e. The summed E-state index contributed by atoms with van der Waals surface area (Å²) in [6.07, 6.45) is 2.18. The van der Waals surface area contributed by atoms with Crippen molar-refractivity contribution in [3.05, 3.63) is 27.7 Å². The fraction of sp³-hybridized carbons (Fsp3) is 0.600. The van der Waals surface area contributed by atoms with Crippen LogP contribution >= 0.6 is 27.7 Å². The van der Waals surface area contributed by atoms with Crippen LogP contribution < -0.4 is 10.1 Å². The third-order valence-electron chi connectivity index (χ3n) is 3.97. The van der Waals surface area contributed by atoms with Crippen LogP contribution in [0.4, 0.5) is 0 Å². The molecule has 0 bridgehead atoms. The maximum Gasteiger partial charge on any atom is 0.125 e. The quantitative estimate of drug-likeness (QED) is 0.908. The third-order valence-corrected chi connectivity index (χ3v) is 5.69. The van der Waals surface area contributed by atoms with E-state index in [0.717, 1.165) is 37.7 Å². The van der Waals surface area contributed by atoms with Crippen LogP contribution in [0.1, 0.15) is 18.1 Å². The van der Waals surface area contributed by atoms with Crippen molar-refractivity contribution in [2.24, 2.45) is 5.92 Å². The van der Waals surface area contributed by atoms with E-state index in [1.807, 2.05) is 0 Å². The number of nitrogens with one attached hydrogen (secondary N) is 1. The van der Waals surface area contributed by atoms with Crippen LogP contribution in [0, 0.1) is 5.92 Å². The van der Waals surface area contributed by atoms with E-state index in [1.54, 1.807) is 0 Å². The lowest BCUT2D eigenvalue weighted by molar-refractivity contribution is 0.349. The highest BCUT2D eigenvalue weighted by Crippen LogP contribution is 2.36. The monoisotopic (exact) mass is 341 g/mol. The van der Waals surface area contributed by atoms with Crippen LogP contribution in [0.15, 0.2) is 16.6 Å². The number of halogens is 1. The number of fused-ring (bicyclic) bond motifs is 1. The first kappa shape index (κ1) is 13.8. The Morgan fingerprint density at radius 3 is 3.16 bits per heavy atom. The Hall–Kier alpha value is -0.190. The largest absolute Gasteiger partial charge is 0.493 e. The summed E-state index contributed by atoms with van der Waals surface area (Å²) in [7, 11) is 0. The van der Waals surface area contributed by atoms with Crippen molar-refractivity contribution < 1.29 is 4.74 Å². The lowest BCUT2D eigenvalue weighted by atomic mass is 9.93. The molecule has 1 fully saturated rings. The fourth-order valence-electron chi connectivity index (χ4n) is 3.07. The van der Waals surface area contributed by atoms with Gasteiger partial charge in [0.1, 0.15) is 5.75 Å². The van der Waals surface area contributed by atoms with Gasteiger partial charge in [0.15, 0.2) is 0 Å². The summed E-state index contributed by atoms with van der Waals surface area (Å²) in [5.74, 6) is 4.40. The Balaban J connectivity index is 1.79. The van der Waals surface area contributed by atoms with Gasteiger partial charge in [0.25, 0.3) is 0 Å². The predicted molar refractivity (Wildman–Crippen MR) is 85.3 cm³/mol. The average molecular weight is 342 g/mol. The van der Waals surface area contributed by atoms with Crippen LogP contribution in [0.5, 0.6) is 5.75 Å². The molecular weight excluding hydrogens is 322 g/mol. The van der Waals surface area contributed by atoms with Crippen LogP contribution in [0.3, 0.4) is 0 Å². The van der Waals surface area contributed by atoms with Gasteiger partial charge < -0.3 is 10.1 Å². The van der Waals surface area contributed by atoms with Crippen LogP contribution in [0.25, 0.3) is 0 Å². The van der Waals surface area contributed by atoms with E-state index < -0.39 is 0 Å². The normalized spacial score (nSPS) is 25.4. The molecule has 1 N–H and O–H groups in total. The highest BCUT2D eigenvalue weighted by molar-refractivity contribution is 9.10. The SMILES string of the molecule is CCNC1CSCC1Cc1cc(Br)cc2c1OCC2. The highest BCUT2D eigenvalue weighted by atomic mass is 79.9. The number of rotatable bonds is 4. The second-order valence-corrected chi connectivity index (χ2v) is 7.31. The molecule has 2 nitrogen and oxygen atoms in total. The molecule has 2 unspecified atom stereocenters. The summed E-state index contributed by atoms with van der Waals surface area (Å²) in [6, 6.07) is 5.11. The van der Waals surface area contributed by atoms with Gasteiger partial charge in [0.05, 0.1) is 6.61 Å². The number of ether oxygens (including phenoxy) is 1. The van der Waals surface area contributed by atoms with Crippen molar-refractivity contribution in [3.63, 3.8) is 0 Å². The van der Waals surface area contributed by atoms with Gasteiger partial charge >= 0.3 is 0 Å². The maximum absolute atomic E-state index is 5.84. The van der Waals surface area contributed by atoms with Crippen molar-refractivity contribution in [1.82, 2.24) is 5.32 Å². The van der Waals surface area contributed by atoms with Crippen LogP contribution in [-0.2, 0) is 12.8 Å². The Kier molecular flexibility index (Phi) is 4.40. The molecule has 4 heteroatoms. The number of hydrogen-bond acceptors (Lipinski definition) is 3. The molecule has 104 valence electrons. The van der Waals surface area contributed by atoms with Gasteiger partial charge in [0.2, 0.25) is 0 Å². The molecule has 0 aromatic heterocycles. The molecule has 3 rings (SSSR count). The van der Waals surface area contributed by atoms with E-state index in [9.17, 15) is 0 Å². The molecule has 1 aromatic rings. The first-order chi connectivity index (χ1) is 9.28. The number of hydrogen-bond donors (Lipinski definition) is 1. The van der Waals surface area contributed by atoms with Crippen LogP contribution in [-0.4, -0.2) is 30.7 Å². The van der Waals surface area contributed by atoms with Crippen molar-refractivity contribution in [2.45, 2.75) is 25.8 Å². The van der Waals surface area contributed by atoms with E-state index in [2.05, 4.69) is 52.1 Å². The fourth-order valence-corrected chi connectivity index (χ4v) is 5.05. The lowest BCUT2D eigenvalue weighted by Crippen LogP contribution is -2.36. The molecule has 0 amide bonds. The maximum atomic E-state index is 5.84. The molecule has 2 aliphatic rings. The Morgan fingerprint density at radius 1 is 1.42 bits per heavy atom. The third kappa shape index (κ3) is 2.96. The summed E-state index contributed by atoms with van der Waals surface area (Å²) < 4.78 is 7.03. The van der Waals surface area contributed by atoms with Crippen molar-refractivity contribution in [1.29, 1.82) is 0 Å². The number of benzene rings is 1. The number of thioether (sulfide) groups is 1. The minimum Gasteiger partial charge on any atom is -0.493 e. The van der Waals surface area contributed by atoms with E-state index in [-0.39, 0.29) is 0 Å². The molecule has 0 spiro atoms. The molecular formula is C15H20BrNOS. The van der Waals surface area contributed by atoms with Crippen molar-refractivity contribution >= 4 is 27.7 Å². The van der Waals surface area contributed by atoms with Gasteiger partial charge in [-0.05, 0) is 47.9 Å². The highest BCUT2D eigenvalue weighted by Gasteiger charge is 2.29. The molecule has 2 atom stereocenters. The van der Waals surface area contributed by atoms with Gasteiger partial charge in [-0.3, -0.25) is 0 Å². The second kappa shape index (κ2) is 6.06. The summed E-state index contributed by atoms with van der Waals surface area (Å²) in [5, 5.41) is 3.62. The summed E-state index contributed by atoms with van der Waals surface area (Å²) in [5.41, 5.74) is 2.76. The summed E-state index contributed by atoms with van der Waals surface area (Å²) >= 11 is 5.71. The van der Waals surface area contributed by atoms with E-state index in [4.69, 9.17) is 4.74 Å². The Morgan fingerprint density at radius 2 is 2.32 bits per heavy atom. The summed E-state index contributed by atoms with van der Waals surface area (Å²) in [6.45, 7) is 4.10. The first-order valence-corrected chi connectivity index (χ1v) is 8.98. The Bertz CT molecular complexity index is 466. The topological polar surface area (TPSA) is 21.3 Å². The van der Waals surface area contributed by atoms with Gasteiger partial charge in [-0.15, -0.1) is 0 Å². The second-order valence-electron chi connectivity index (χ2n) is 5.32. The van der Waals surface area contributed by atoms with E-state index in [1.165, 1.54) is 27.1 Å². The van der Waals surface area contributed by atoms with E-state index >= 15 is 0 Å². The molecule has 0 radical (unpaired) electrons. The minimum atomic E-state index is 0.658. The van der Waals surface area contributed by atoms with Crippen molar-refractivity contribution in [3.8, 4) is 5.75 Å². The van der Waals surface area contributed by atoms with Crippen molar-refractivity contribution in [2.75, 3.05) is 24.7 Å². The molecule has 2 aliphatic heterocycles. The van der Waals surface area contributed by atoms with Gasteiger partial charge in [-0.1, -0.05) is 22.9 Å². The molecule has 2 heterocycles. The van der Waals surface area contributed by atoms with Gasteiger partial charge in [0, 0.05) is 22.7 Å². The minimum absolute atomic E-state index is 0.658. The predicted octanol–water partition coefficient (Wildman–Crippen LogP) is 3.27. The average Bonchev–Trinajstić information content (AvgIpc) is 2.99. The van der Waals surface area contributed by atoms with Gasteiger partial charge in [-0.2, -0.15) is 11.8 Å². The zero-order valence-corrected chi connectivity index (χ0v) is 13.6. The zero-order valence-electron chi connectivity index (χ0n) is 11.2. The van der Waals surface area contributed by atoms with E-state index in [0.29, 0.717) is 6.04 Å². The standard InChI is InChI=1S/C15H20BrNOS/c1-2-17-14-9-19-8-12(14)5-11-7-13(16)6-10-3-4-18-15(10)11/h6-7,12,14,17H,2-5,8-9H2,1H3. The van der Waals surface area contributed by atoms with Crippen LogP contribution in [0.2, 0.25) is 0 Å². The first-order valence-electron chi connectivity index (χ1n) is 7.03. The zero-order chi connectivity index (χ0) is 13.2. The summed E-state index contributed by atoms with van der Waals surface area (Å²) in [4.78, 5) is 0. The Labute approximate surface area is 127 Å². The molecule has 19 heavy (non-hydrogen) atoms. The molecule has 0 aliphatic carbocycles. The van der Waals surface area contributed by atoms with Gasteiger partial charge in [-0.25, -0.2) is 0 Å². The lowest BCUT2D eigenvalue weighted by Gasteiger charge is -2.20. The molecule has 1 saturated heterocycles.